The Labute approximate surface area is 112 Å². The van der Waals surface area contributed by atoms with E-state index >= 15 is 0 Å². The van der Waals surface area contributed by atoms with Crippen molar-refractivity contribution in [1.82, 2.24) is 9.55 Å². The number of imidazole rings is 1. The van der Waals surface area contributed by atoms with Gasteiger partial charge in [0.05, 0.1) is 18.1 Å². The standard InChI is InChI=1S/C14H19N3O2/c1-14(5-7-19-8-6-14)17-12-9-10(18-2)3-4-11(12)16-13(17)15/h3-4,9H,5-8H2,1-2H3,(H2,15,16). The maximum Gasteiger partial charge on any atom is 0.201 e. The van der Waals surface area contributed by atoms with Crippen molar-refractivity contribution >= 4 is 17.0 Å². The first-order valence-electron chi connectivity index (χ1n) is 6.54. The average Bonchev–Trinajstić information content (AvgIpc) is 2.74. The molecule has 5 heteroatoms. The first kappa shape index (κ1) is 12.3. The third kappa shape index (κ3) is 1.94. The first-order valence-corrected chi connectivity index (χ1v) is 6.54. The minimum atomic E-state index is -0.0382. The number of hydrogen-bond acceptors (Lipinski definition) is 4. The van der Waals surface area contributed by atoms with Crippen LogP contribution < -0.4 is 10.5 Å². The number of benzene rings is 1. The quantitative estimate of drug-likeness (QED) is 0.899. The summed E-state index contributed by atoms with van der Waals surface area (Å²) in [6.45, 7) is 3.74. The van der Waals surface area contributed by atoms with Crippen LogP contribution in [0.15, 0.2) is 18.2 Å². The van der Waals surface area contributed by atoms with E-state index in [0.29, 0.717) is 5.95 Å². The van der Waals surface area contributed by atoms with Gasteiger partial charge in [0.25, 0.3) is 0 Å². The third-order valence-corrected chi connectivity index (χ3v) is 4.00. The number of fused-ring (bicyclic) bond motifs is 1. The summed E-state index contributed by atoms with van der Waals surface area (Å²) >= 11 is 0. The van der Waals surface area contributed by atoms with Crippen molar-refractivity contribution in [3.63, 3.8) is 0 Å². The van der Waals surface area contributed by atoms with Gasteiger partial charge in [0.2, 0.25) is 5.95 Å². The van der Waals surface area contributed by atoms with Gasteiger partial charge in [0, 0.05) is 24.8 Å². The summed E-state index contributed by atoms with van der Waals surface area (Å²) in [5.74, 6) is 1.39. The molecule has 0 unspecified atom stereocenters. The number of aromatic nitrogens is 2. The van der Waals surface area contributed by atoms with Crippen molar-refractivity contribution in [3.8, 4) is 5.75 Å². The summed E-state index contributed by atoms with van der Waals surface area (Å²) in [6.07, 6.45) is 1.89. The van der Waals surface area contributed by atoms with Crippen molar-refractivity contribution in [2.24, 2.45) is 0 Å². The molecule has 0 saturated carbocycles. The Balaban J connectivity index is 2.18. The number of methoxy groups -OCH3 is 1. The van der Waals surface area contributed by atoms with E-state index in [2.05, 4.69) is 16.5 Å². The highest BCUT2D eigenvalue weighted by Crippen LogP contribution is 2.35. The second kappa shape index (κ2) is 4.42. The molecule has 1 aromatic heterocycles. The van der Waals surface area contributed by atoms with Gasteiger partial charge >= 0.3 is 0 Å². The fraction of sp³-hybridized carbons (Fsp3) is 0.500. The Morgan fingerprint density at radius 3 is 2.79 bits per heavy atom. The lowest BCUT2D eigenvalue weighted by Gasteiger charge is -2.36. The zero-order chi connectivity index (χ0) is 13.5. The smallest absolute Gasteiger partial charge is 0.201 e. The van der Waals surface area contributed by atoms with Crippen LogP contribution >= 0.6 is 0 Å². The van der Waals surface area contributed by atoms with E-state index in [4.69, 9.17) is 15.2 Å². The summed E-state index contributed by atoms with van der Waals surface area (Å²) < 4.78 is 12.9. The monoisotopic (exact) mass is 261 g/mol. The number of nitrogen functional groups attached to an aromatic ring is 1. The lowest BCUT2D eigenvalue weighted by atomic mass is 9.92. The molecule has 3 rings (SSSR count). The van der Waals surface area contributed by atoms with E-state index in [0.717, 1.165) is 42.8 Å². The Hall–Kier alpha value is -1.75. The normalized spacial score (nSPS) is 18.6. The van der Waals surface area contributed by atoms with Crippen molar-refractivity contribution in [2.75, 3.05) is 26.1 Å². The summed E-state index contributed by atoms with van der Waals surface area (Å²) in [5.41, 5.74) is 8.03. The molecule has 1 aliphatic rings. The van der Waals surface area contributed by atoms with Crippen LogP contribution in [0.3, 0.4) is 0 Å². The molecule has 0 amide bonds. The molecule has 1 aliphatic heterocycles. The molecule has 1 fully saturated rings. The maximum atomic E-state index is 6.13. The van der Waals surface area contributed by atoms with Gasteiger partial charge in [-0.15, -0.1) is 0 Å². The van der Waals surface area contributed by atoms with E-state index in [1.54, 1.807) is 7.11 Å². The highest BCUT2D eigenvalue weighted by Gasteiger charge is 2.32. The van der Waals surface area contributed by atoms with Crippen molar-refractivity contribution in [3.05, 3.63) is 18.2 Å². The van der Waals surface area contributed by atoms with E-state index < -0.39 is 0 Å². The zero-order valence-corrected chi connectivity index (χ0v) is 11.3. The zero-order valence-electron chi connectivity index (χ0n) is 11.3. The van der Waals surface area contributed by atoms with Gasteiger partial charge in [-0.2, -0.15) is 0 Å². The lowest BCUT2D eigenvalue weighted by molar-refractivity contribution is 0.0320. The number of rotatable bonds is 2. The molecule has 5 nitrogen and oxygen atoms in total. The molecule has 0 atom stereocenters. The van der Waals surface area contributed by atoms with Crippen LogP contribution in [0, 0.1) is 0 Å². The molecule has 102 valence electrons. The first-order chi connectivity index (χ1) is 9.14. The van der Waals surface area contributed by atoms with Crippen molar-refractivity contribution < 1.29 is 9.47 Å². The number of ether oxygens (including phenoxy) is 2. The van der Waals surface area contributed by atoms with E-state index in [1.165, 1.54) is 0 Å². The molecule has 0 bridgehead atoms. The number of nitrogens with two attached hydrogens (primary N) is 1. The fourth-order valence-electron chi connectivity index (χ4n) is 2.80. The van der Waals surface area contributed by atoms with Crippen LogP contribution in [0.25, 0.3) is 11.0 Å². The third-order valence-electron chi connectivity index (χ3n) is 4.00. The largest absolute Gasteiger partial charge is 0.497 e. The second-order valence-electron chi connectivity index (χ2n) is 5.27. The maximum absolute atomic E-state index is 6.13. The van der Waals surface area contributed by atoms with Gasteiger partial charge < -0.3 is 19.8 Å². The topological polar surface area (TPSA) is 62.3 Å². The Bertz CT molecular complexity index is 600. The number of nitrogens with zero attached hydrogens (tertiary/aromatic N) is 2. The van der Waals surface area contributed by atoms with Gasteiger partial charge in [0.1, 0.15) is 5.75 Å². The summed E-state index contributed by atoms with van der Waals surface area (Å²) in [4.78, 5) is 4.45. The molecule has 1 saturated heterocycles. The number of anilines is 1. The van der Waals surface area contributed by atoms with Crippen LogP contribution in [0.5, 0.6) is 5.75 Å². The molecule has 0 radical (unpaired) electrons. The molecular weight excluding hydrogens is 242 g/mol. The molecule has 2 heterocycles. The lowest BCUT2D eigenvalue weighted by Crippen LogP contribution is -2.37. The van der Waals surface area contributed by atoms with Crippen LogP contribution in [0.4, 0.5) is 5.95 Å². The minimum absolute atomic E-state index is 0.0382. The van der Waals surface area contributed by atoms with Crippen LogP contribution in [-0.4, -0.2) is 29.9 Å². The highest BCUT2D eigenvalue weighted by atomic mass is 16.5. The molecule has 2 aromatic rings. The molecular formula is C14H19N3O2. The SMILES string of the molecule is COc1ccc2nc(N)n(C3(C)CCOCC3)c2c1. The van der Waals surface area contributed by atoms with Crippen molar-refractivity contribution in [2.45, 2.75) is 25.3 Å². The molecule has 2 N–H and O–H groups in total. The van der Waals surface area contributed by atoms with Gasteiger partial charge in [-0.25, -0.2) is 4.98 Å². The Morgan fingerprint density at radius 1 is 1.37 bits per heavy atom. The highest BCUT2D eigenvalue weighted by molar-refractivity contribution is 5.80. The van der Waals surface area contributed by atoms with E-state index in [1.807, 2.05) is 18.2 Å². The predicted molar refractivity (Wildman–Crippen MR) is 74.4 cm³/mol. The van der Waals surface area contributed by atoms with Crippen molar-refractivity contribution in [1.29, 1.82) is 0 Å². The second-order valence-corrected chi connectivity index (χ2v) is 5.27. The van der Waals surface area contributed by atoms with Gasteiger partial charge in [-0.1, -0.05) is 0 Å². The minimum Gasteiger partial charge on any atom is -0.497 e. The fourth-order valence-corrected chi connectivity index (χ4v) is 2.80. The van der Waals surface area contributed by atoms with Gasteiger partial charge in [0.15, 0.2) is 0 Å². The summed E-state index contributed by atoms with van der Waals surface area (Å²) in [5, 5.41) is 0. The van der Waals surface area contributed by atoms with Crippen LogP contribution in [0.1, 0.15) is 19.8 Å². The molecule has 0 aliphatic carbocycles. The van der Waals surface area contributed by atoms with Crippen LogP contribution in [-0.2, 0) is 10.3 Å². The molecule has 19 heavy (non-hydrogen) atoms. The van der Waals surface area contributed by atoms with Gasteiger partial charge in [-0.3, -0.25) is 0 Å². The van der Waals surface area contributed by atoms with Gasteiger partial charge in [-0.05, 0) is 31.9 Å². The average molecular weight is 261 g/mol. The Morgan fingerprint density at radius 2 is 2.11 bits per heavy atom. The van der Waals surface area contributed by atoms with E-state index in [9.17, 15) is 0 Å². The Kier molecular flexibility index (Phi) is 2.86. The molecule has 0 spiro atoms. The summed E-state index contributed by atoms with van der Waals surface area (Å²) in [6, 6.07) is 5.86. The number of hydrogen-bond donors (Lipinski definition) is 1. The molecule has 1 aromatic carbocycles. The predicted octanol–water partition coefficient (Wildman–Crippen LogP) is 2.15. The van der Waals surface area contributed by atoms with Crippen LogP contribution in [0.2, 0.25) is 0 Å². The van der Waals surface area contributed by atoms with E-state index in [-0.39, 0.29) is 5.54 Å². The summed E-state index contributed by atoms with van der Waals surface area (Å²) in [7, 11) is 1.67.